The van der Waals surface area contributed by atoms with Crippen LogP contribution in [0.25, 0.3) is 0 Å². The van der Waals surface area contributed by atoms with Crippen LogP contribution in [0, 0.1) is 55.5 Å². The van der Waals surface area contributed by atoms with Gasteiger partial charge in [0.15, 0.2) is 35.6 Å². The van der Waals surface area contributed by atoms with E-state index in [4.69, 9.17) is 37.9 Å². The number of nitro groups is 2. The zero-order valence-corrected chi connectivity index (χ0v) is 37.2. The maximum absolute atomic E-state index is 14.5. The standard InChI is InChI=1S/C43H57F2N3O15/c1-12-33-43(8)38(62-41(51)63-43)23(4)34(49)21(2)20-42(7,56-11)37(24(5)35(25(6)39(50)60-33)58-31-15-13-26(44)18-28(31)47(52)53)61-40-36(30(46(9)10)17-22(3)57-40)59-32-16-14-27(45)19-29(32)48(54)55/h13-16,18-19,21-25,30,33,35-38,40H,12,17,20H2,1-11H3/t21-,22-,23+,24+,25-,30+,33-,35+,36-,37-,38-,40+,42+,43-/m1/s1. The Balaban J connectivity index is 1.72. The average molecular weight is 894 g/mol. The Hall–Kier alpha value is -5.05. The third-order valence-corrected chi connectivity index (χ3v) is 12.7. The third kappa shape index (κ3) is 10.2. The first-order valence-corrected chi connectivity index (χ1v) is 20.8. The minimum Gasteiger partial charge on any atom is -0.482 e. The number of rotatable bonds is 11. The molecule has 0 amide bonds. The van der Waals surface area contributed by atoms with E-state index in [1.807, 2.05) is 4.90 Å². The maximum Gasteiger partial charge on any atom is 0.509 e. The van der Waals surface area contributed by atoms with Crippen molar-refractivity contribution in [3.8, 4) is 11.5 Å². The Morgan fingerprint density at radius 3 is 1.92 bits per heavy atom. The number of likely N-dealkylation sites (N-methyl/N-ethyl adjacent to an activating group) is 1. The molecule has 0 saturated carbocycles. The summed E-state index contributed by atoms with van der Waals surface area (Å²) in [7, 11) is 4.91. The number of carbonyl (C=O) groups excluding carboxylic acids is 3. The summed E-state index contributed by atoms with van der Waals surface area (Å²) in [6.07, 6.45) is -8.78. The number of methoxy groups -OCH3 is 1. The van der Waals surface area contributed by atoms with Crippen molar-refractivity contribution in [2.24, 2.45) is 23.7 Å². The Labute approximate surface area is 364 Å². The first kappa shape index (κ1) is 49.0. The number of hydrogen-bond donors (Lipinski definition) is 0. The zero-order valence-electron chi connectivity index (χ0n) is 37.2. The molecule has 3 heterocycles. The van der Waals surface area contributed by atoms with Crippen LogP contribution < -0.4 is 9.47 Å². The van der Waals surface area contributed by atoms with Crippen LogP contribution in [0.5, 0.6) is 11.5 Å². The van der Waals surface area contributed by atoms with Crippen molar-refractivity contribution in [1.82, 2.24) is 4.90 Å². The monoisotopic (exact) mass is 893 g/mol. The van der Waals surface area contributed by atoms with Gasteiger partial charge in [-0.3, -0.25) is 29.8 Å². The van der Waals surface area contributed by atoms with Gasteiger partial charge in [-0.15, -0.1) is 0 Å². The number of benzene rings is 2. The molecule has 5 rings (SSSR count). The van der Waals surface area contributed by atoms with Crippen molar-refractivity contribution in [2.45, 2.75) is 135 Å². The summed E-state index contributed by atoms with van der Waals surface area (Å²) in [5.41, 5.74) is -4.55. The first-order chi connectivity index (χ1) is 29.5. The van der Waals surface area contributed by atoms with Crippen LogP contribution in [0.4, 0.5) is 25.0 Å². The topological polar surface area (TPSA) is 215 Å². The fourth-order valence-electron chi connectivity index (χ4n) is 9.27. The van der Waals surface area contributed by atoms with Gasteiger partial charge in [-0.1, -0.05) is 27.7 Å². The van der Waals surface area contributed by atoms with Gasteiger partial charge in [-0.25, -0.2) is 13.6 Å². The number of halogens is 2. The molecule has 2 aromatic carbocycles. The summed E-state index contributed by atoms with van der Waals surface area (Å²) in [5.74, 6) is -7.92. The molecule has 0 aliphatic carbocycles. The second kappa shape index (κ2) is 19.4. The molecule has 0 bridgehead atoms. The number of nitrogens with zero attached hydrogens (tertiary/aromatic N) is 3. The highest BCUT2D eigenvalue weighted by Crippen LogP contribution is 2.44. The van der Waals surface area contributed by atoms with E-state index < -0.39 is 135 Å². The van der Waals surface area contributed by atoms with E-state index in [1.54, 1.807) is 55.6 Å². The van der Waals surface area contributed by atoms with Gasteiger partial charge >= 0.3 is 23.5 Å². The van der Waals surface area contributed by atoms with Gasteiger partial charge in [0.1, 0.15) is 29.6 Å². The summed E-state index contributed by atoms with van der Waals surface area (Å²) in [5, 5.41) is 24.4. The van der Waals surface area contributed by atoms with Crippen molar-refractivity contribution in [3.63, 3.8) is 0 Å². The highest BCUT2D eigenvalue weighted by molar-refractivity contribution is 5.84. The van der Waals surface area contributed by atoms with Gasteiger partial charge in [-0.05, 0) is 85.3 Å². The number of ketones is 1. The lowest BCUT2D eigenvalue weighted by Crippen LogP contribution is -2.61. The van der Waals surface area contributed by atoms with E-state index in [0.29, 0.717) is 12.5 Å². The van der Waals surface area contributed by atoms with E-state index >= 15 is 0 Å². The molecule has 63 heavy (non-hydrogen) atoms. The predicted molar refractivity (Wildman–Crippen MR) is 218 cm³/mol. The Kier molecular flexibility index (Phi) is 15.1. The minimum absolute atomic E-state index is 0.0757. The van der Waals surface area contributed by atoms with Gasteiger partial charge in [0.05, 0.1) is 57.7 Å². The molecular formula is C43H57F2N3O15. The van der Waals surface area contributed by atoms with Crippen LogP contribution in [0.2, 0.25) is 0 Å². The third-order valence-electron chi connectivity index (χ3n) is 12.7. The van der Waals surface area contributed by atoms with Crippen LogP contribution in [0.15, 0.2) is 36.4 Å². The fraction of sp³-hybridized carbons (Fsp3) is 0.651. The molecule has 3 aliphatic rings. The normalized spacial score (nSPS) is 35.4. The van der Waals surface area contributed by atoms with Gasteiger partial charge in [-0.2, -0.15) is 0 Å². The smallest absolute Gasteiger partial charge is 0.482 e. The van der Waals surface area contributed by atoms with Gasteiger partial charge < -0.3 is 42.8 Å². The number of Topliss-reactive ketones (excluding diaryl/α,β-unsaturated/α-hetero) is 1. The molecule has 348 valence electrons. The molecule has 20 heteroatoms. The Morgan fingerprint density at radius 1 is 0.857 bits per heavy atom. The lowest BCUT2D eigenvalue weighted by atomic mass is 9.74. The number of nitro benzene ring substituents is 2. The predicted octanol–water partition coefficient (Wildman–Crippen LogP) is 6.96. The quantitative estimate of drug-likeness (QED) is 0.127. The minimum atomic E-state index is -1.62. The van der Waals surface area contributed by atoms with Crippen molar-refractivity contribution < 1.29 is 70.9 Å². The number of cyclic esters (lactones) is 1. The van der Waals surface area contributed by atoms with Gasteiger partial charge in [0, 0.05) is 18.9 Å². The van der Waals surface area contributed by atoms with Crippen LogP contribution in [-0.4, -0.2) is 114 Å². The molecule has 0 N–H and O–H groups in total. The molecule has 3 saturated heterocycles. The zero-order chi connectivity index (χ0) is 46.9. The van der Waals surface area contributed by atoms with E-state index in [1.165, 1.54) is 21.0 Å². The van der Waals surface area contributed by atoms with Crippen LogP contribution in [0.1, 0.15) is 74.7 Å². The fourth-order valence-corrected chi connectivity index (χ4v) is 9.27. The molecule has 3 aliphatic heterocycles. The van der Waals surface area contributed by atoms with E-state index in [9.17, 15) is 43.4 Å². The van der Waals surface area contributed by atoms with Crippen molar-refractivity contribution >= 4 is 29.3 Å². The highest BCUT2D eigenvalue weighted by Gasteiger charge is 2.59. The second-order valence-electron chi connectivity index (χ2n) is 17.4. The van der Waals surface area contributed by atoms with Crippen LogP contribution >= 0.6 is 0 Å². The summed E-state index contributed by atoms with van der Waals surface area (Å²) in [6, 6.07) is 5.01. The molecule has 0 radical (unpaired) electrons. The summed E-state index contributed by atoms with van der Waals surface area (Å²) in [6.45, 7) is 13.0. The summed E-state index contributed by atoms with van der Waals surface area (Å²) in [4.78, 5) is 66.3. The highest BCUT2D eigenvalue weighted by atomic mass is 19.1. The van der Waals surface area contributed by atoms with Crippen molar-refractivity contribution in [1.29, 1.82) is 0 Å². The van der Waals surface area contributed by atoms with E-state index in [2.05, 4.69) is 0 Å². The summed E-state index contributed by atoms with van der Waals surface area (Å²) >= 11 is 0. The lowest BCUT2D eigenvalue weighted by molar-refractivity contribution is -0.387. The molecular weight excluding hydrogens is 836 g/mol. The maximum atomic E-state index is 14.5. The Morgan fingerprint density at radius 2 is 1.41 bits per heavy atom. The average Bonchev–Trinajstić information content (AvgIpc) is 3.54. The molecule has 2 aromatic rings. The second-order valence-corrected chi connectivity index (χ2v) is 17.4. The molecule has 3 fully saturated rings. The van der Waals surface area contributed by atoms with Crippen molar-refractivity contribution in [2.75, 3.05) is 21.2 Å². The number of carbonyl (C=O) groups is 3. The summed E-state index contributed by atoms with van der Waals surface area (Å²) < 4.78 is 78.6. The molecule has 0 aromatic heterocycles. The lowest BCUT2D eigenvalue weighted by Gasteiger charge is -2.49. The SMILES string of the molecule is CC[C@H]1OC(=O)[C@H](C)[C@@H](Oc2ccc(F)cc2[N+](=O)[O-])[C@H](C)[C@@H](O[C@@H]2O[C@H](C)C[C@H](N(C)C)[C@H]2Oc2ccc(F)cc2[N+](=O)[O-])[C@@](C)(OC)C[C@@H](C)C(=O)[C@H](C)[C@H]2OC(=O)O[C@@]21C. The number of ether oxygens (including phenoxy) is 8. The van der Waals surface area contributed by atoms with Gasteiger partial charge in [0.25, 0.3) is 0 Å². The molecule has 18 nitrogen and oxygen atoms in total. The van der Waals surface area contributed by atoms with Crippen molar-refractivity contribution in [3.05, 3.63) is 68.3 Å². The van der Waals surface area contributed by atoms with Crippen LogP contribution in [-0.2, 0) is 38.0 Å². The number of fused-ring (bicyclic) bond motifs is 1. The Bertz CT molecular complexity index is 2040. The van der Waals surface area contributed by atoms with E-state index in [-0.39, 0.29) is 24.4 Å². The molecule has 0 unspecified atom stereocenters. The molecule has 14 atom stereocenters. The first-order valence-electron chi connectivity index (χ1n) is 20.8. The largest absolute Gasteiger partial charge is 0.509 e. The molecule has 0 spiro atoms. The van der Waals surface area contributed by atoms with E-state index in [0.717, 1.165) is 30.3 Å². The number of hydrogen-bond acceptors (Lipinski definition) is 16. The van der Waals surface area contributed by atoms with Crippen LogP contribution in [0.3, 0.4) is 0 Å². The number of esters is 1. The van der Waals surface area contributed by atoms with Gasteiger partial charge in [0.2, 0.25) is 0 Å².